The Kier molecular flexibility index (Phi) is 5.10. The molecule has 7 nitrogen and oxygen atoms in total. The Balaban J connectivity index is 2.47. The number of rotatable bonds is 7. The molecule has 0 saturated heterocycles. The summed E-state index contributed by atoms with van der Waals surface area (Å²) in [6.07, 6.45) is 1.57. The zero-order chi connectivity index (χ0) is 15.5. The molecule has 0 aromatic rings. The molecule has 7 heteroatoms. The highest BCUT2D eigenvalue weighted by Gasteiger charge is 2.48. The smallest absolute Gasteiger partial charge is 0.329 e. The van der Waals surface area contributed by atoms with Crippen molar-refractivity contribution in [2.24, 2.45) is 17.6 Å². The highest BCUT2D eigenvalue weighted by atomic mass is 16.4. The van der Waals surface area contributed by atoms with Gasteiger partial charge in [0.2, 0.25) is 11.8 Å². The minimum absolute atomic E-state index is 0.0335. The fourth-order valence-corrected chi connectivity index (χ4v) is 1.91. The van der Waals surface area contributed by atoms with Gasteiger partial charge in [0.25, 0.3) is 0 Å². The summed E-state index contributed by atoms with van der Waals surface area (Å²) in [4.78, 5) is 34.6. The maximum Gasteiger partial charge on any atom is 0.329 e. The van der Waals surface area contributed by atoms with Crippen molar-refractivity contribution < 1.29 is 19.5 Å². The standard InChI is InChI=1S/C13H23N3O4/c1-7(2)10(14)11(18)15-6-9(17)16-13(3,12(19)20)8-4-5-8/h7-8,10H,4-6,14H2,1-3H3,(H,15,18)(H,16,17)(H,19,20)/t10-,13?/m0/s1. The fraction of sp³-hybridized carbons (Fsp3) is 0.769. The number of hydrogen-bond acceptors (Lipinski definition) is 4. The number of hydrogen-bond donors (Lipinski definition) is 4. The molecule has 1 aliphatic carbocycles. The van der Waals surface area contributed by atoms with E-state index in [-0.39, 0.29) is 18.4 Å². The second-order valence-corrected chi connectivity index (χ2v) is 5.82. The van der Waals surface area contributed by atoms with Crippen LogP contribution in [-0.2, 0) is 14.4 Å². The first-order chi connectivity index (χ1) is 9.18. The maximum absolute atomic E-state index is 11.8. The molecule has 0 aliphatic heterocycles. The van der Waals surface area contributed by atoms with E-state index in [9.17, 15) is 19.5 Å². The van der Waals surface area contributed by atoms with Crippen molar-refractivity contribution in [1.29, 1.82) is 0 Å². The third-order valence-electron chi connectivity index (χ3n) is 3.68. The molecule has 0 aromatic carbocycles. The molecule has 0 spiro atoms. The summed E-state index contributed by atoms with van der Waals surface area (Å²) >= 11 is 0. The lowest BCUT2D eigenvalue weighted by Gasteiger charge is -2.26. The van der Waals surface area contributed by atoms with E-state index in [0.29, 0.717) is 0 Å². The molecule has 1 fully saturated rings. The monoisotopic (exact) mass is 285 g/mol. The zero-order valence-corrected chi connectivity index (χ0v) is 12.1. The molecule has 0 radical (unpaired) electrons. The van der Waals surface area contributed by atoms with Gasteiger partial charge in [-0.05, 0) is 31.6 Å². The zero-order valence-electron chi connectivity index (χ0n) is 12.1. The summed E-state index contributed by atoms with van der Waals surface area (Å²) in [6, 6.07) is -0.683. The van der Waals surface area contributed by atoms with Crippen LogP contribution in [0.25, 0.3) is 0 Å². The SMILES string of the molecule is CC(C)[C@H](N)C(=O)NCC(=O)NC(C)(C(=O)O)C1CC1. The molecule has 0 heterocycles. The molecule has 114 valence electrons. The molecule has 2 amide bonds. The second-order valence-electron chi connectivity index (χ2n) is 5.82. The molecule has 1 rings (SSSR count). The summed E-state index contributed by atoms with van der Waals surface area (Å²) in [5.74, 6) is -2.07. The molecular weight excluding hydrogens is 262 g/mol. The van der Waals surface area contributed by atoms with E-state index in [1.54, 1.807) is 13.8 Å². The van der Waals surface area contributed by atoms with Gasteiger partial charge in [-0.1, -0.05) is 13.8 Å². The number of amides is 2. The first-order valence-electron chi connectivity index (χ1n) is 6.76. The molecule has 0 bridgehead atoms. The molecule has 1 unspecified atom stereocenters. The van der Waals surface area contributed by atoms with Crippen LogP contribution < -0.4 is 16.4 Å². The van der Waals surface area contributed by atoms with Crippen molar-refractivity contribution in [3.63, 3.8) is 0 Å². The average Bonchev–Trinajstić information content (AvgIpc) is 3.18. The van der Waals surface area contributed by atoms with Gasteiger partial charge < -0.3 is 21.5 Å². The van der Waals surface area contributed by atoms with Gasteiger partial charge in [0.15, 0.2) is 0 Å². The third kappa shape index (κ3) is 3.93. The van der Waals surface area contributed by atoms with Crippen LogP contribution in [-0.4, -0.2) is 41.0 Å². The van der Waals surface area contributed by atoms with Gasteiger partial charge in [0.05, 0.1) is 12.6 Å². The Morgan fingerprint density at radius 3 is 2.30 bits per heavy atom. The number of carboxylic acid groups (broad SMARTS) is 1. The van der Waals surface area contributed by atoms with Gasteiger partial charge in [0, 0.05) is 0 Å². The summed E-state index contributed by atoms with van der Waals surface area (Å²) in [5, 5.41) is 14.1. The number of aliphatic carboxylic acids is 1. The molecular formula is C13H23N3O4. The van der Waals surface area contributed by atoms with Crippen LogP contribution >= 0.6 is 0 Å². The topological polar surface area (TPSA) is 122 Å². The summed E-state index contributed by atoms with van der Waals surface area (Å²) in [7, 11) is 0. The number of carbonyl (C=O) groups is 3. The lowest BCUT2D eigenvalue weighted by Crippen LogP contribution is -2.56. The number of nitrogens with one attached hydrogen (secondary N) is 2. The van der Waals surface area contributed by atoms with E-state index in [1.807, 2.05) is 0 Å². The first-order valence-corrected chi connectivity index (χ1v) is 6.76. The van der Waals surface area contributed by atoms with Gasteiger partial charge in [0.1, 0.15) is 5.54 Å². The fourth-order valence-electron chi connectivity index (χ4n) is 1.91. The molecule has 1 saturated carbocycles. The quantitative estimate of drug-likeness (QED) is 0.500. The van der Waals surface area contributed by atoms with Gasteiger partial charge in [-0.15, -0.1) is 0 Å². The molecule has 20 heavy (non-hydrogen) atoms. The summed E-state index contributed by atoms with van der Waals surface area (Å²) < 4.78 is 0. The normalized spacial score (nSPS) is 19.1. The molecule has 2 atom stereocenters. The van der Waals surface area contributed by atoms with Crippen molar-refractivity contribution in [1.82, 2.24) is 10.6 Å². The molecule has 5 N–H and O–H groups in total. The lowest BCUT2D eigenvalue weighted by atomic mass is 9.96. The van der Waals surface area contributed by atoms with E-state index in [4.69, 9.17) is 5.73 Å². The Morgan fingerprint density at radius 1 is 1.35 bits per heavy atom. The minimum atomic E-state index is -1.26. The highest BCUT2D eigenvalue weighted by molar-refractivity contribution is 5.91. The van der Waals surface area contributed by atoms with Gasteiger partial charge in [-0.2, -0.15) is 0 Å². The summed E-state index contributed by atoms with van der Waals surface area (Å²) in [6.45, 7) is 4.83. The maximum atomic E-state index is 11.8. The largest absolute Gasteiger partial charge is 0.480 e. The Bertz CT molecular complexity index is 406. The van der Waals surface area contributed by atoms with E-state index in [1.165, 1.54) is 6.92 Å². The minimum Gasteiger partial charge on any atom is -0.480 e. The Hall–Kier alpha value is -1.63. The Labute approximate surface area is 118 Å². The van der Waals surface area contributed by atoms with Gasteiger partial charge >= 0.3 is 5.97 Å². The van der Waals surface area contributed by atoms with Crippen LogP contribution in [0.4, 0.5) is 0 Å². The van der Waals surface area contributed by atoms with Gasteiger partial charge in [-0.3, -0.25) is 9.59 Å². The predicted octanol–water partition coefficient (Wildman–Crippen LogP) is -0.545. The van der Waals surface area contributed by atoms with Crippen molar-refractivity contribution in [2.45, 2.75) is 45.2 Å². The van der Waals surface area contributed by atoms with Crippen molar-refractivity contribution >= 4 is 17.8 Å². The van der Waals surface area contributed by atoms with E-state index in [0.717, 1.165) is 12.8 Å². The highest BCUT2D eigenvalue weighted by Crippen LogP contribution is 2.39. The van der Waals surface area contributed by atoms with Crippen molar-refractivity contribution in [2.75, 3.05) is 6.54 Å². The molecule has 0 aromatic heterocycles. The van der Waals surface area contributed by atoms with Crippen LogP contribution in [0, 0.1) is 11.8 Å². The first kappa shape index (κ1) is 16.4. The van der Waals surface area contributed by atoms with Crippen molar-refractivity contribution in [3.8, 4) is 0 Å². The van der Waals surface area contributed by atoms with Crippen LogP contribution in [0.5, 0.6) is 0 Å². The number of carbonyl (C=O) groups excluding carboxylic acids is 2. The van der Waals surface area contributed by atoms with Crippen LogP contribution in [0.3, 0.4) is 0 Å². The number of nitrogens with two attached hydrogens (primary N) is 1. The van der Waals surface area contributed by atoms with Crippen LogP contribution in [0.15, 0.2) is 0 Å². The third-order valence-corrected chi connectivity index (χ3v) is 3.68. The van der Waals surface area contributed by atoms with Gasteiger partial charge in [-0.25, -0.2) is 4.79 Å². The lowest BCUT2D eigenvalue weighted by molar-refractivity contribution is -0.147. The van der Waals surface area contributed by atoms with Crippen LogP contribution in [0.1, 0.15) is 33.6 Å². The summed E-state index contributed by atoms with van der Waals surface area (Å²) in [5.41, 5.74) is 4.38. The van der Waals surface area contributed by atoms with Crippen LogP contribution in [0.2, 0.25) is 0 Å². The van der Waals surface area contributed by atoms with E-state index >= 15 is 0 Å². The average molecular weight is 285 g/mol. The Morgan fingerprint density at radius 2 is 1.90 bits per heavy atom. The second kappa shape index (κ2) is 6.21. The van der Waals surface area contributed by atoms with E-state index < -0.39 is 29.4 Å². The van der Waals surface area contributed by atoms with E-state index in [2.05, 4.69) is 10.6 Å². The number of carboxylic acids is 1. The predicted molar refractivity (Wildman–Crippen MR) is 72.7 cm³/mol. The van der Waals surface area contributed by atoms with Crippen molar-refractivity contribution in [3.05, 3.63) is 0 Å². The molecule has 1 aliphatic rings.